The van der Waals surface area contributed by atoms with E-state index in [1.165, 1.54) is 12.3 Å². The highest BCUT2D eigenvalue weighted by atomic mass is 19.1. The minimum atomic E-state index is -0.265. The Labute approximate surface area is 102 Å². The lowest BCUT2D eigenvalue weighted by molar-refractivity contribution is 0.103. The Balaban J connectivity index is 1.84. The van der Waals surface area contributed by atoms with E-state index in [0.717, 1.165) is 38.4 Å². The van der Waals surface area contributed by atoms with Crippen LogP contribution in [0, 0.1) is 5.82 Å². The molecule has 0 bridgehead atoms. The third-order valence-corrected chi connectivity index (χ3v) is 3.31. The van der Waals surface area contributed by atoms with Gasteiger partial charge in [-0.15, -0.1) is 0 Å². The van der Waals surface area contributed by atoms with Crippen molar-refractivity contribution in [1.82, 2.24) is 14.8 Å². The summed E-state index contributed by atoms with van der Waals surface area (Å²) in [7, 11) is 0. The van der Waals surface area contributed by atoms with Gasteiger partial charge in [-0.3, -0.25) is 14.8 Å². The Morgan fingerprint density at radius 1 is 1.24 bits per heavy atom. The van der Waals surface area contributed by atoms with Crippen molar-refractivity contribution in [3.05, 3.63) is 29.8 Å². The number of nitrogens with zero attached hydrogens (tertiary/aromatic N) is 3. The molecule has 4 heteroatoms. The standard InChI is InChI=1S/C13H20FN3/c1-11(2)17-7-5-16(6-8-17)10-13-4-3-12(14)9-15-13/h3-4,9,11H,5-8,10H2,1-2H3. The summed E-state index contributed by atoms with van der Waals surface area (Å²) in [6, 6.07) is 3.87. The first kappa shape index (κ1) is 12.5. The Morgan fingerprint density at radius 3 is 2.47 bits per heavy atom. The van der Waals surface area contributed by atoms with Crippen LogP contribution in [0.2, 0.25) is 0 Å². The number of piperazine rings is 1. The molecular weight excluding hydrogens is 217 g/mol. The molecule has 0 spiro atoms. The third kappa shape index (κ3) is 3.48. The maximum absolute atomic E-state index is 12.7. The van der Waals surface area contributed by atoms with Crippen LogP contribution in [0.4, 0.5) is 4.39 Å². The van der Waals surface area contributed by atoms with Gasteiger partial charge in [-0.1, -0.05) is 0 Å². The average Bonchev–Trinajstić information content (AvgIpc) is 2.33. The Hall–Kier alpha value is -1.00. The molecule has 0 radical (unpaired) electrons. The topological polar surface area (TPSA) is 19.4 Å². The van der Waals surface area contributed by atoms with Gasteiger partial charge in [-0.25, -0.2) is 4.39 Å². The molecule has 2 rings (SSSR count). The normalized spacial score (nSPS) is 18.8. The van der Waals surface area contributed by atoms with Crippen LogP contribution in [-0.4, -0.2) is 47.0 Å². The van der Waals surface area contributed by atoms with Gasteiger partial charge < -0.3 is 0 Å². The van der Waals surface area contributed by atoms with Gasteiger partial charge in [0.15, 0.2) is 0 Å². The first-order valence-corrected chi connectivity index (χ1v) is 6.22. The molecule has 17 heavy (non-hydrogen) atoms. The molecule has 94 valence electrons. The first-order chi connectivity index (χ1) is 8.15. The fourth-order valence-electron chi connectivity index (χ4n) is 2.17. The van der Waals surface area contributed by atoms with Crippen molar-refractivity contribution < 1.29 is 4.39 Å². The minimum absolute atomic E-state index is 0.265. The van der Waals surface area contributed by atoms with E-state index in [1.807, 2.05) is 0 Å². The van der Waals surface area contributed by atoms with Crippen LogP contribution in [0.5, 0.6) is 0 Å². The second-order valence-electron chi connectivity index (χ2n) is 4.87. The largest absolute Gasteiger partial charge is 0.298 e. The Bertz CT molecular complexity index is 342. The molecule has 0 aromatic carbocycles. The van der Waals surface area contributed by atoms with E-state index in [2.05, 4.69) is 28.6 Å². The van der Waals surface area contributed by atoms with Crippen LogP contribution in [0.3, 0.4) is 0 Å². The van der Waals surface area contributed by atoms with Gasteiger partial charge >= 0.3 is 0 Å². The predicted octanol–water partition coefficient (Wildman–Crippen LogP) is 1.75. The lowest BCUT2D eigenvalue weighted by Gasteiger charge is -2.36. The third-order valence-electron chi connectivity index (χ3n) is 3.31. The fraction of sp³-hybridized carbons (Fsp3) is 0.615. The van der Waals surface area contributed by atoms with Crippen molar-refractivity contribution in [3.8, 4) is 0 Å². The van der Waals surface area contributed by atoms with Crippen LogP contribution in [0.15, 0.2) is 18.3 Å². The molecule has 1 aromatic rings. The lowest BCUT2D eigenvalue weighted by atomic mass is 10.2. The van der Waals surface area contributed by atoms with Crippen LogP contribution in [-0.2, 0) is 6.54 Å². The van der Waals surface area contributed by atoms with Gasteiger partial charge in [0.2, 0.25) is 0 Å². The molecule has 1 aliphatic rings. The van der Waals surface area contributed by atoms with Crippen LogP contribution in [0.1, 0.15) is 19.5 Å². The molecule has 0 saturated carbocycles. The summed E-state index contributed by atoms with van der Waals surface area (Å²) < 4.78 is 12.7. The summed E-state index contributed by atoms with van der Waals surface area (Å²) in [5.74, 6) is -0.265. The van der Waals surface area contributed by atoms with Crippen molar-refractivity contribution in [3.63, 3.8) is 0 Å². The molecule has 0 atom stereocenters. The molecule has 1 aromatic heterocycles. The van der Waals surface area contributed by atoms with Gasteiger partial charge in [0, 0.05) is 38.8 Å². The van der Waals surface area contributed by atoms with Gasteiger partial charge in [-0.05, 0) is 26.0 Å². The van der Waals surface area contributed by atoms with Crippen LogP contribution < -0.4 is 0 Å². The van der Waals surface area contributed by atoms with Gasteiger partial charge in [0.05, 0.1) is 11.9 Å². The highest BCUT2D eigenvalue weighted by molar-refractivity contribution is 5.05. The molecule has 0 N–H and O–H groups in total. The predicted molar refractivity (Wildman–Crippen MR) is 66.2 cm³/mol. The highest BCUT2D eigenvalue weighted by Gasteiger charge is 2.18. The van der Waals surface area contributed by atoms with E-state index in [1.54, 1.807) is 6.07 Å². The van der Waals surface area contributed by atoms with E-state index in [0.29, 0.717) is 6.04 Å². The number of hydrogen-bond donors (Lipinski definition) is 0. The molecule has 1 saturated heterocycles. The molecule has 2 heterocycles. The second-order valence-corrected chi connectivity index (χ2v) is 4.87. The van der Waals surface area contributed by atoms with Gasteiger partial charge in [0.25, 0.3) is 0 Å². The number of pyridine rings is 1. The molecule has 0 unspecified atom stereocenters. The van der Waals surface area contributed by atoms with Crippen LogP contribution in [0.25, 0.3) is 0 Å². The zero-order valence-corrected chi connectivity index (χ0v) is 10.6. The van der Waals surface area contributed by atoms with E-state index in [-0.39, 0.29) is 5.82 Å². The van der Waals surface area contributed by atoms with E-state index in [9.17, 15) is 4.39 Å². The van der Waals surface area contributed by atoms with Crippen molar-refractivity contribution >= 4 is 0 Å². The van der Waals surface area contributed by atoms with E-state index < -0.39 is 0 Å². The zero-order valence-electron chi connectivity index (χ0n) is 10.6. The van der Waals surface area contributed by atoms with E-state index >= 15 is 0 Å². The van der Waals surface area contributed by atoms with Crippen molar-refractivity contribution in [1.29, 1.82) is 0 Å². The molecule has 3 nitrogen and oxygen atoms in total. The van der Waals surface area contributed by atoms with Crippen molar-refractivity contribution in [2.45, 2.75) is 26.4 Å². The van der Waals surface area contributed by atoms with Gasteiger partial charge in [0.1, 0.15) is 5.82 Å². The second kappa shape index (κ2) is 5.56. The zero-order chi connectivity index (χ0) is 12.3. The number of halogens is 1. The molecular formula is C13H20FN3. The number of rotatable bonds is 3. The highest BCUT2D eigenvalue weighted by Crippen LogP contribution is 2.09. The number of hydrogen-bond acceptors (Lipinski definition) is 3. The SMILES string of the molecule is CC(C)N1CCN(Cc2ccc(F)cn2)CC1. The summed E-state index contributed by atoms with van der Waals surface area (Å²) in [4.78, 5) is 8.95. The van der Waals surface area contributed by atoms with Crippen molar-refractivity contribution in [2.75, 3.05) is 26.2 Å². The van der Waals surface area contributed by atoms with E-state index in [4.69, 9.17) is 0 Å². The van der Waals surface area contributed by atoms with Crippen LogP contribution >= 0.6 is 0 Å². The summed E-state index contributed by atoms with van der Waals surface area (Å²) in [5.41, 5.74) is 0.949. The Morgan fingerprint density at radius 2 is 1.94 bits per heavy atom. The summed E-state index contributed by atoms with van der Waals surface area (Å²) in [5, 5.41) is 0. The molecule has 1 aliphatic heterocycles. The molecule has 0 amide bonds. The lowest BCUT2D eigenvalue weighted by Crippen LogP contribution is -2.48. The maximum atomic E-state index is 12.7. The van der Waals surface area contributed by atoms with Crippen molar-refractivity contribution in [2.24, 2.45) is 0 Å². The maximum Gasteiger partial charge on any atom is 0.141 e. The monoisotopic (exact) mass is 237 g/mol. The quantitative estimate of drug-likeness (QED) is 0.798. The molecule has 0 aliphatic carbocycles. The smallest absolute Gasteiger partial charge is 0.141 e. The summed E-state index contributed by atoms with van der Waals surface area (Å²) in [6.45, 7) is 9.65. The summed E-state index contributed by atoms with van der Waals surface area (Å²) in [6.07, 6.45) is 1.29. The minimum Gasteiger partial charge on any atom is -0.298 e. The Kier molecular flexibility index (Phi) is 4.07. The average molecular weight is 237 g/mol. The summed E-state index contributed by atoms with van der Waals surface area (Å²) >= 11 is 0. The fourth-order valence-corrected chi connectivity index (χ4v) is 2.17. The van der Waals surface area contributed by atoms with Gasteiger partial charge in [-0.2, -0.15) is 0 Å². The first-order valence-electron chi connectivity index (χ1n) is 6.22. The number of aromatic nitrogens is 1. The molecule has 1 fully saturated rings.